The molecule has 1 N–H and O–H groups in total. The van der Waals surface area contributed by atoms with E-state index < -0.39 is 0 Å². The molecule has 0 saturated heterocycles. The number of fused-ring (bicyclic) bond motifs is 1. The summed E-state index contributed by atoms with van der Waals surface area (Å²) >= 11 is 1.58. The van der Waals surface area contributed by atoms with E-state index in [9.17, 15) is 9.18 Å². The molecule has 0 unspecified atom stereocenters. The van der Waals surface area contributed by atoms with E-state index in [1.165, 1.54) is 13.2 Å². The minimum atomic E-state index is -0.373. The van der Waals surface area contributed by atoms with Crippen LogP contribution >= 0.6 is 11.8 Å². The fourth-order valence-electron chi connectivity index (χ4n) is 2.50. The fraction of sp³-hybridized carbons (Fsp3) is 0.316. The van der Waals surface area contributed by atoms with E-state index in [0.717, 1.165) is 5.56 Å². The lowest BCUT2D eigenvalue weighted by molar-refractivity contribution is -0.115. The molecule has 26 heavy (non-hydrogen) atoms. The maximum Gasteiger partial charge on any atom is 0.225 e. The number of nitrogens with one attached hydrogen (secondary N) is 1. The van der Waals surface area contributed by atoms with Gasteiger partial charge in [0.25, 0.3) is 0 Å². The van der Waals surface area contributed by atoms with Gasteiger partial charge in [0.1, 0.15) is 13.2 Å². The van der Waals surface area contributed by atoms with Crippen LogP contribution in [0.15, 0.2) is 36.4 Å². The third-order valence-corrected chi connectivity index (χ3v) is 4.81. The van der Waals surface area contributed by atoms with E-state index in [4.69, 9.17) is 14.2 Å². The van der Waals surface area contributed by atoms with Crippen LogP contribution in [0, 0.1) is 5.82 Å². The molecule has 0 radical (unpaired) electrons. The lowest BCUT2D eigenvalue weighted by atomic mass is 10.2. The quantitative estimate of drug-likeness (QED) is 0.743. The molecule has 1 aliphatic rings. The minimum absolute atomic E-state index is 0.0740. The summed E-state index contributed by atoms with van der Waals surface area (Å²) in [5.41, 5.74) is 1.54. The largest absolute Gasteiger partial charge is 0.494 e. The SMILES string of the molecule is COc1ccc(CSCCC(=O)Nc2ccc3c(c2)OCCO3)cc1F. The molecule has 0 aromatic heterocycles. The fourth-order valence-corrected chi connectivity index (χ4v) is 3.39. The Bertz CT molecular complexity index is 784. The molecule has 3 rings (SSSR count). The number of anilines is 1. The van der Waals surface area contributed by atoms with Crippen LogP contribution in [0.2, 0.25) is 0 Å². The van der Waals surface area contributed by atoms with Gasteiger partial charge < -0.3 is 19.5 Å². The van der Waals surface area contributed by atoms with Crippen LogP contribution in [-0.2, 0) is 10.5 Å². The molecule has 0 fully saturated rings. The highest BCUT2D eigenvalue weighted by Crippen LogP contribution is 2.32. The van der Waals surface area contributed by atoms with Gasteiger partial charge in [-0.3, -0.25) is 4.79 Å². The molecule has 1 amide bonds. The Kier molecular flexibility index (Phi) is 6.22. The number of halogens is 1. The van der Waals surface area contributed by atoms with Crippen molar-refractivity contribution >= 4 is 23.4 Å². The summed E-state index contributed by atoms with van der Waals surface area (Å²) in [6.45, 7) is 1.04. The Hall–Kier alpha value is -2.41. The molecule has 0 atom stereocenters. The van der Waals surface area contributed by atoms with Gasteiger partial charge in [-0.15, -0.1) is 0 Å². The molecule has 1 heterocycles. The highest BCUT2D eigenvalue weighted by Gasteiger charge is 2.12. The number of benzene rings is 2. The van der Waals surface area contributed by atoms with E-state index in [1.807, 2.05) is 6.07 Å². The zero-order chi connectivity index (χ0) is 18.4. The molecule has 0 spiro atoms. The van der Waals surface area contributed by atoms with Gasteiger partial charge in [0.2, 0.25) is 5.91 Å². The van der Waals surface area contributed by atoms with E-state index in [0.29, 0.717) is 48.3 Å². The lowest BCUT2D eigenvalue weighted by Crippen LogP contribution is -2.16. The molecule has 0 bridgehead atoms. The molecule has 2 aromatic carbocycles. The monoisotopic (exact) mass is 377 g/mol. The summed E-state index contributed by atoms with van der Waals surface area (Å²) in [4.78, 5) is 12.1. The third kappa shape index (κ3) is 4.82. The number of hydrogen-bond donors (Lipinski definition) is 1. The second-order valence-corrected chi connectivity index (χ2v) is 6.78. The summed E-state index contributed by atoms with van der Waals surface area (Å²) < 4.78 is 29.5. The van der Waals surface area contributed by atoms with Gasteiger partial charge >= 0.3 is 0 Å². The van der Waals surface area contributed by atoms with Crippen molar-refractivity contribution in [3.05, 3.63) is 47.8 Å². The first-order valence-corrected chi connectivity index (χ1v) is 9.41. The summed E-state index contributed by atoms with van der Waals surface area (Å²) in [6, 6.07) is 10.2. The topological polar surface area (TPSA) is 56.8 Å². The molecular formula is C19H20FNO4S. The van der Waals surface area contributed by atoms with Crippen LogP contribution in [0.1, 0.15) is 12.0 Å². The van der Waals surface area contributed by atoms with Gasteiger partial charge in [-0.1, -0.05) is 6.07 Å². The van der Waals surface area contributed by atoms with Crippen molar-refractivity contribution in [2.45, 2.75) is 12.2 Å². The first-order valence-electron chi connectivity index (χ1n) is 8.25. The van der Waals surface area contributed by atoms with E-state index in [2.05, 4.69) is 5.32 Å². The van der Waals surface area contributed by atoms with Gasteiger partial charge in [-0.2, -0.15) is 11.8 Å². The normalized spacial score (nSPS) is 12.5. The molecule has 7 heteroatoms. The van der Waals surface area contributed by atoms with Crippen molar-refractivity contribution in [1.82, 2.24) is 0 Å². The third-order valence-electron chi connectivity index (χ3n) is 3.78. The van der Waals surface area contributed by atoms with Crippen molar-refractivity contribution in [3.8, 4) is 17.2 Å². The van der Waals surface area contributed by atoms with Crippen molar-refractivity contribution in [2.24, 2.45) is 0 Å². The first-order chi connectivity index (χ1) is 12.7. The lowest BCUT2D eigenvalue weighted by Gasteiger charge is -2.19. The van der Waals surface area contributed by atoms with E-state index in [-0.39, 0.29) is 17.5 Å². The number of ether oxygens (including phenoxy) is 3. The molecule has 5 nitrogen and oxygen atoms in total. The number of carbonyl (C=O) groups is 1. The highest BCUT2D eigenvalue weighted by molar-refractivity contribution is 7.98. The predicted octanol–water partition coefficient (Wildman–Crippen LogP) is 3.87. The molecule has 0 aliphatic carbocycles. The number of rotatable bonds is 7. The van der Waals surface area contributed by atoms with Crippen LogP contribution < -0.4 is 19.5 Å². The number of carbonyl (C=O) groups excluding carboxylic acids is 1. The van der Waals surface area contributed by atoms with E-state index >= 15 is 0 Å². The summed E-state index contributed by atoms with van der Waals surface area (Å²) in [7, 11) is 1.44. The Balaban J connectivity index is 1.42. The Labute approximate surface area is 155 Å². The Morgan fingerprint density at radius 1 is 1.19 bits per heavy atom. The zero-order valence-corrected chi connectivity index (χ0v) is 15.2. The van der Waals surface area contributed by atoms with Crippen LogP contribution in [0.4, 0.5) is 10.1 Å². The summed E-state index contributed by atoms with van der Waals surface area (Å²) in [6.07, 6.45) is 0.373. The summed E-state index contributed by atoms with van der Waals surface area (Å²) in [5.74, 6) is 2.40. The molecule has 0 saturated carbocycles. The van der Waals surface area contributed by atoms with Crippen LogP contribution in [0.25, 0.3) is 0 Å². The van der Waals surface area contributed by atoms with Gasteiger partial charge in [0, 0.05) is 29.7 Å². The predicted molar refractivity (Wildman–Crippen MR) is 99.8 cm³/mol. The standard InChI is InChI=1S/C19H20FNO4S/c1-23-16-4-2-13(10-15(16)20)12-26-9-6-19(22)21-14-3-5-17-18(11-14)25-8-7-24-17/h2-5,10-11H,6-9,12H2,1H3,(H,21,22). The van der Waals surface area contributed by atoms with Crippen LogP contribution in [-0.4, -0.2) is 32.0 Å². The number of methoxy groups -OCH3 is 1. The molecular weight excluding hydrogens is 357 g/mol. The van der Waals surface area contributed by atoms with Gasteiger partial charge in [0.05, 0.1) is 7.11 Å². The Morgan fingerprint density at radius 3 is 2.77 bits per heavy atom. The number of hydrogen-bond acceptors (Lipinski definition) is 5. The second-order valence-electron chi connectivity index (χ2n) is 5.68. The van der Waals surface area contributed by atoms with E-state index in [1.54, 1.807) is 36.0 Å². The number of amides is 1. The highest BCUT2D eigenvalue weighted by atomic mass is 32.2. The van der Waals surface area contributed by atoms with Crippen molar-refractivity contribution < 1.29 is 23.4 Å². The maximum atomic E-state index is 13.6. The van der Waals surface area contributed by atoms with Crippen molar-refractivity contribution in [1.29, 1.82) is 0 Å². The second kappa shape index (κ2) is 8.80. The van der Waals surface area contributed by atoms with Crippen LogP contribution in [0.5, 0.6) is 17.2 Å². The number of thioether (sulfide) groups is 1. The van der Waals surface area contributed by atoms with Crippen LogP contribution in [0.3, 0.4) is 0 Å². The summed E-state index contributed by atoms with van der Waals surface area (Å²) in [5, 5.41) is 2.85. The molecule has 138 valence electrons. The molecule has 2 aromatic rings. The van der Waals surface area contributed by atoms with Gasteiger partial charge in [-0.25, -0.2) is 4.39 Å². The van der Waals surface area contributed by atoms with Gasteiger partial charge in [0.15, 0.2) is 23.1 Å². The smallest absolute Gasteiger partial charge is 0.225 e. The minimum Gasteiger partial charge on any atom is -0.494 e. The average molecular weight is 377 g/mol. The first kappa shape index (κ1) is 18.4. The van der Waals surface area contributed by atoms with Gasteiger partial charge in [-0.05, 0) is 29.8 Å². The maximum absolute atomic E-state index is 13.6. The van der Waals surface area contributed by atoms with Crippen molar-refractivity contribution in [3.63, 3.8) is 0 Å². The molecule has 1 aliphatic heterocycles. The Morgan fingerprint density at radius 2 is 2.00 bits per heavy atom. The average Bonchev–Trinajstić information content (AvgIpc) is 2.65. The van der Waals surface area contributed by atoms with Crippen molar-refractivity contribution in [2.75, 3.05) is 31.4 Å². The zero-order valence-electron chi connectivity index (χ0n) is 14.4.